The molecule has 4 aliphatic rings. The van der Waals surface area contributed by atoms with Gasteiger partial charge in [-0.15, -0.1) is 0 Å². The molecule has 1 aromatic carbocycles. The van der Waals surface area contributed by atoms with Crippen LogP contribution in [-0.4, -0.2) is 83.9 Å². The summed E-state index contributed by atoms with van der Waals surface area (Å²) in [6.07, 6.45) is -0.462. The Hall–Kier alpha value is -3.55. The molecule has 3 fully saturated rings. The van der Waals surface area contributed by atoms with E-state index >= 15 is 0 Å². The number of benzene rings is 1. The lowest BCUT2D eigenvalue weighted by molar-refractivity contribution is -0.132. The Labute approximate surface area is 258 Å². The zero-order valence-corrected chi connectivity index (χ0v) is 26.9. The number of fused-ring (bicyclic) bond motifs is 1. The highest BCUT2D eigenvalue weighted by Crippen LogP contribution is 2.48. The highest BCUT2D eigenvalue weighted by molar-refractivity contribution is 7.91. The minimum absolute atomic E-state index is 0.0176. The van der Waals surface area contributed by atoms with E-state index in [1.165, 1.54) is 9.80 Å². The van der Waals surface area contributed by atoms with E-state index in [0.717, 1.165) is 11.1 Å². The zero-order chi connectivity index (χ0) is 32.2. The van der Waals surface area contributed by atoms with Gasteiger partial charge in [0.1, 0.15) is 29.0 Å². The molecule has 44 heavy (non-hydrogen) atoms. The van der Waals surface area contributed by atoms with Crippen molar-refractivity contribution in [2.45, 2.75) is 108 Å². The summed E-state index contributed by atoms with van der Waals surface area (Å²) >= 11 is 0. The fourth-order valence-corrected chi connectivity index (χ4v) is 7.20. The van der Waals surface area contributed by atoms with Gasteiger partial charge in [0.2, 0.25) is 15.9 Å². The third kappa shape index (κ3) is 6.18. The molecule has 4 atom stereocenters. The molecule has 5 rings (SSSR count). The van der Waals surface area contributed by atoms with E-state index in [2.05, 4.69) is 10.0 Å². The molecule has 4 unspecified atom stereocenters. The molecule has 4 amide bonds. The molecule has 2 heterocycles. The van der Waals surface area contributed by atoms with Crippen molar-refractivity contribution in [3.63, 3.8) is 0 Å². The largest absolute Gasteiger partial charge is 0.497 e. The molecule has 2 N–H and O–H groups in total. The van der Waals surface area contributed by atoms with Crippen LogP contribution < -0.4 is 14.8 Å². The Bertz CT molecular complexity index is 1470. The van der Waals surface area contributed by atoms with Gasteiger partial charge in [-0.25, -0.2) is 18.0 Å². The summed E-state index contributed by atoms with van der Waals surface area (Å²) in [7, 11) is -2.35. The third-order valence-corrected chi connectivity index (χ3v) is 11.2. The fourth-order valence-electron chi connectivity index (χ4n) is 5.89. The minimum Gasteiger partial charge on any atom is -0.497 e. The minimum atomic E-state index is -3.92. The quantitative estimate of drug-likeness (QED) is 0.438. The van der Waals surface area contributed by atoms with E-state index in [4.69, 9.17) is 14.2 Å². The SMILES string of the molecule is CCC1CC1(NC(=O)C1CC(OC(=O)N2Cc3ccc(OC)cc3C2)CN1C(=O)OC(C)(C)C)C(=O)NS(=O)(=O)C1(C)CC1. The van der Waals surface area contributed by atoms with Crippen molar-refractivity contribution in [1.82, 2.24) is 19.8 Å². The molecular formula is C30H42N4O9S. The van der Waals surface area contributed by atoms with Crippen molar-refractivity contribution in [3.05, 3.63) is 29.3 Å². The van der Waals surface area contributed by atoms with E-state index in [0.29, 0.717) is 38.1 Å². The molecular weight excluding hydrogens is 592 g/mol. The molecule has 2 aliphatic carbocycles. The van der Waals surface area contributed by atoms with Gasteiger partial charge in [-0.3, -0.25) is 24.1 Å². The van der Waals surface area contributed by atoms with Crippen LogP contribution in [-0.2, 0) is 42.2 Å². The van der Waals surface area contributed by atoms with Crippen LogP contribution in [0, 0.1) is 5.92 Å². The third-order valence-electron chi connectivity index (χ3n) is 9.03. The van der Waals surface area contributed by atoms with Crippen LogP contribution in [0.15, 0.2) is 18.2 Å². The van der Waals surface area contributed by atoms with Crippen molar-refractivity contribution in [3.8, 4) is 5.75 Å². The number of hydrogen-bond acceptors (Lipinski definition) is 9. The fraction of sp³-hybridized carbons (Fsp3) is 0.667. The first-order valence-electron chi connectivity index (χ1n) is 15.0. The second-order valence-corrected chi connectivity index (χ2v) is 15.7. The molecule has 2 aliphatic heterocycles. The van der Waals surface area contributed by atoms with Gasteiger partial charge in [-0.2, -0.15) is 0 Å². The topological polar surface area (TPSA) is 161 Å². The predicted octanol–water partition coefficient (Wildman–Crippen LogP) is 2.81. The molecule has 1 saturated heterocycles. The molecule has 0 spiro atoms. The smallest absolute Gasteiger partial charge is 0.411 e. The number of sulfonamides is 1. The monoisotopic (exact) mass is 634 g/mol. The van der Waals surface area contributed by atoms with Crippen LogP contribution in [0.25, 0.3) is 0 Å². The Morgan fingerprint density at radius 1 is 1.07 bits per heavy atom. The van der Waals surface area contributed by atoms with E-state index in [-0.39, 0.29) is 25.3 Å². The number of methoxy groups -OCH3 is 1. The van der Waals surface area contributed by atoms with Crippen LogP contribution >= 0.6 is 0 Å². The zero-order valence-electron chi connectivity index (χ0n) is 26.1. The summed E-state index contributed by atoms with van der Waals surface area (Å²) in [4.78, 5) is 56.2. The number of likely N-dealkylation sites (tertiary alicyclic amines) is 1. The average Bonchev–Trinajstić information content (AvgIpc) is 3.75. The molecule has 0 radical (unpaired) electrons. The highest BCUT2D eigenvalue weighted by Gasteiger charge is 2.63. The number of nitrogens with zero attached hydrogens (tertiary/aromatic N) is 2. The predicted molar refractivity (Wildman–Crippen MR) is 158 cm³/mol. The van der Waals surface area contributed by atoms with Gasteiger partial charge in [0.25, 0.3) is 5.91 Å². The Balaban J connectivity index is 1.29. The number of rotatable bonds is 8. The molecule has 1 aromatic rings. The van der Waals surface area contributed by atoms with Gasteiger partial charge in [-0.05, 0) is 76.1 Å². The Morgan fingerprint density at radius 3 is 2.34 bits per heavy atom. The van der Waals surface area contributed by atoms with Crippen LogP contribution in [0.2, 0.25) is 0 Å². The van der Waals surface area contributed by atoms with Crippen molar-refractivity contribution < 1.29 is 41.8 Å². The van der Waals surface area contributed by atoms with Crippen molar-refractivity contribution in [1.29, 1.82) is 0 Å². The van der Waals surface area contributed by atoms with Crippen LogP contribution in [0.5, 0.6) is 5.75 Å². The summed E-state index contributed by atoms with van der Waals surface area (Å²) in [6.45, 7) is 9.12. The molecule has 0 bridgehead atoms. The maximum atomic E-state index is 13.8. The second-order valence-electron chi connectivity index (χ2n) is 13.5. The van der Waals surface area contributed by atoms with E-state index < -0.39 is 62.1 Å². The maximum absolute atomic E-state index is 13.8. The first-order valence-corrected chi connectivity index (χ1v) is 16.5. The average molecular weight is 635 g/mol. The molecule has 242 valence electrons. The summed E-state index contributed by atoms with van der Waals surface area (Å²) in [5.74, 6) is -1.01. The molecule has 2 saturated carbocycles. The Kier molecular flexibility index (Phi) is 8.05. The van der Waals surface area contributed by atoms with Gasteiger partial charge in [-0.1, -0.05) is 19.4 Å². The first-order chi connectivity index (χ1) is 20.5. The lowest BCUT2D eigenvalue weighted by Gasteiger charge is -2.29. The maximum Gasteiger partial charge on any atom is 0.411 e. The normalized spacial score (nSPS) is 26.8. The number of carbonyl (C=O) groups is 4. The van der Waals surface area contributed by atoms with E-state index in [1.807, 2.05) is 25.1 Å². The molecule has 14 heteroatoms. The lowest BCUT2D eigenvalue weighted by Crippen LogP contribution is -2.57. The van der Waals surface area contributed by atoms with Crippen LogP contribution in [0.1, 0.15) is 77.8 Å². The highest BCUT2D eigenvalue weighted by atomic mass is 32.2. The number of ether oxygens (including phenoxy) is 3. The first kappa shape index (κ1) is 31.9. The number of hydrogen-bond donors (Lipinski definition) is 2. The summed E-state index contributed by atoms with van der Waals surface area (Å²) in [5.41, 5.74) is -0.358. The van der Waals surface area contributed by atoms with Crippen molar-refractivity contribution >= 4 is 34.0 Å². The Morgan fingerprint density at radius 2 is 1.75 bits per heavy atom. The van der Waals surface area contributed by atoms with Gasteiger partial charge in [0, 0.05) is 19.5 Å². The number of nitrogens with one attached hydrogen (secondary N) is 2. The van der Waals surface area contributed by atoms with E-state index in [1.54, 1.807) is 34.8 Å². The second kappa shape index (κ2) is 11.1. The van der Waals surface area contributed by atoms with Gasteiger partial charge >= 0.3 is 12.2 Å². The van der Waals surface area contributed by atoms with Crippen LogP contribution in [0.4, 0.5) is 9.59 Å². The number of amides is 4. The standard InChI is InChI=1S/C30H42N4O9S/c1-7-20-14-30(20,25(36)32-44(39,40)29(5)10-11-29)31-24(35)23-13-22(17-34(23)27(38)43-28(2,3)4)42-26(37)33-15-18-8-9-21(41-6)12-19(18)16-33/h8-9,12,20,22-23H,7,10-11,13-17H2,1-6H3,(H,31,35)(H,32,36). The molecule has 0 aromatic heterocycles. The summed E-state index contributed by atoms with van der Waals surface area (Å²) in [6, 6.07) is 4.48. The molecule has 13 nitrogen and oxygen atoms in total. The van der Waals surface area contributed by atoms with Gasteiger partial charge < -0.3 is 19.5 Å². The number of carbonyl (C=O) groups excluding carboxylic acids is 4. The van der Waals surface area contributed by atoms with Crippen molar-refractivity contribution in [2.24, 2.45) is 5.92 Å². The lowest BCUT2D eigenvalue weighted by atomic mass is 10.1. The van der Waals surface area contributed by atoms with Crippen molar-refractivity contribution in [2.75, 3.05) is 13.7 Å². The summed E-state index contributed by atoms with van der Waals surface area (Å²) in [5, 5.41) is 2.78. The van der Waals surface area contributed by atoms with Gasteiger partial charge in [0.15, 0.2) is 0 Å². The van der Waals surface area contributed by atoms with E-state index in [9.17, 15) is 27.6 Å². The van der Waals surface area contributed by atoms with Gasteiger partial charge in [0.05, 0.1) is 18.4 Å². The summed E-state index contributed by atoms with van der Waals surface area (Å²) < 4.78 is 43.4. The van der Waals surface area contributed by atoms with Crippen LogP contribution in [0.3, 0.4) is 0 Å².